The van der Waals surface area contributed by atoms with Crippen molar-refractivity contribution in [2.75, 3.05) is 14.2 Å². The average Bonchev–Trinajstić information content (AvgIpc) is 2.26. The molecular weight excluding hydrogens is 198 g/mol. The summed E-state index contributed by atoms with van der Waals surface area (Å²) in [6.45, 7) is 0. The van der Waals surface area contributed by atoms with E-state index in [4.69, 9.17) is 12.6 Å². The van der Waals surface area contributed by atoms with Gasteiger partial charge in [0.15, 0.2) is 0 Å². The minimum absolute atomic E-state index is 0.0104. The number of ether oxygens (including phenoxy) is 2. The van der Waals surface area contributed by atoms with Crippen molar-refractivity contribution < 1.29 is 18.7 Å². The molecule has 0 unspecified atom stereocenters. The molecule has 0 N–H and O–H groups in total. The van der Waals surface area contributed by atoms with Gasteiger partial charge in [0, 0.05) is 5.56 Å². The second-order valence-electron chi connectivity index (χ2n) is 2.83. The molecule has 15 heavy (non-hydrogen) atoms. The topological polar surface area (TPSA) is 35.5 Å². The summed E-state index contributed by atoms with van der Waals surface area (Å²) < 4.78 is 22.8. The molecule has 0 heterocycles. The number of halogens is 1. The largest absolute Gasteiger partial charge is 0.496 e. The molecule has 1 aromatic carbocycles. The highest BCUT2D eigenvalue weighted by molar-refractivity contribution is 6.08. The first-order valence-electron chi connectivity index (χ1n) is 4.28. The third-order valence-electron chi connectivity index (χ3n) is 2.00. The summed E-state index contributed by atoms with van der Waals surface area (Å²) in [7, 11) is 7.96. The van der Waals surface area contributed by atoms with Crippen LogP contribution in [-0.4, -0.2) is 28.0 Å². The predicted molar refractivity (Wildman–Crippen MR) is 53.7 cm³/mol. The lowest BCUT2D eigenvalue weighted by Crippen LogP contribution is -2.05. The molecule has 78 valence electrons. The van der Waals surface area contributed by atoms with Gasteiger partial charge in [0.1, 0.15) is 11.6 Å². The lowest BCUT2D eigenvalue weighted by Gasteiger charge is -2.09. The van der Waals surface area contributed by atoms with E-state index in [9.17, 15) is 9.18 Å². The molecule has 0 aliphatic rings. The van der Waals surface area contributed by atoms with Crippen LogP contribution in [0, 0.1) is 5.82 Å². The van der Waals surface area contributed by atoms with E-state index in [1.807, 2.05) is 0 Å². The van der Waals surface area contributed by atoms with Crippen LogP contribution in [0.5, 0.6) is 5.75 Å². The first kappa shape index (κ1) is 11.6. The molecule has 2 radical (unpaired) electrons. The molecule has 0 saturated heterocycles. The standard InChI is InChI=1S/C10H10BFO3/c1-14-9-4-6(10(13)15-2)3-8(12)7(9)5-11/h3-4H,5H2,1-2H3. The third-order valence-corrected chi connectivity index (χ3v) is 2.00. The molecule has 0 spiro atoms. The van der Waals surface area contributed by atoms with E-state index < -0.39 is 11.8 Å². The maximum Gasteiger partial charge on any atom is 0.338 e. The van der Waals surface area contributed by atoms with Crippen LogP contribution in [0.25, 0.3) is 0 Å². The van der Waals surface area contributed by atoms with Gasteiger partial charge in [0.2, 0.25) is 0 Å². The summed E-state index contributed by atoms with van der Waals surface area (Å²) >= 11 is 0. The Hall–Kier alpha value is -1.52. The lowest BCUT2D eigenvalue weighted by atomic mass is 9.94. The maximum atomic E-state index is 13.4. The third kappa shape index (κ3) is 2.29. The smallest absolute Gasteiger partial charge is 0.338 e. The summed E-state index contributed by atoms with van der Waals surface area (Å²) in [6.07, 6.45) is 0.0104. The number of esters is 1. The molecule has 0 fully saturated rings. The van der Waals surface area contributed by atoms with Gasteiger partial charge in [-0.25, -0.2) is 9.18 Å². The number of benzene rings is 1. The first-order valence-corrected chi connectivity index (χ1v) is 4.28. The van der Waals surface area contributed by atoms with Crippen LogP contribution in [0.3, 0.4) is 0 Å². The zero-order valence-electron chi connectivity index (χ0n) is 8.54. The number of carbonyl (C=O) groups excluding carboxylic acids is 1. The van der Waals surface area contributed by atoms with Gasteiger partial charge in [-0.05, 0) is 12.1 Å². The van der Waals surface area contributed by atoms with Gasteiger partial charge in [0.25, 0.3) is 0 Å². The second-order valence-corrected chi connectivity index (χ2v) is 2.83. The molecule has 0 aromatic heterocycles. The Bertz CT molecular complexity index is 379. The Kier molecular flexibility index (Phi) is 3.71. The Labute approximate surface area is 88.6 Å². The van der Waals surface area contributed by atoms with Crippen LogP contribution in [0.2, 0.25) is 0 Å². The van der Waals surface area contributed by atoms with Crippen molar-refractivity contribution in [3.8, 4) is 5.75 Å². The van der Waals surface area contributed by atoms with E-state index in [1.165, 1.54) is 20.3 Å². The maximum absolute atomic E-state index is 13.4. The summed E-state index contributed by atoms with van der Waals surface area (Å²) in [5.41, 5.74) is 0.342. The Morgan fingerprint density at radius 3 is 2.60 bits per heavy atom. The van der Waals surface area contributed by atoms with E-state index >= 15 is 0 Å². The Balaban J connectivity index is 3.25. The Morgan fingerprint density at radius 1 is 1.47 bits per heavy atom. The van der Waals surface area contributed by atoms with Gasteiger partial charge < -0.3 is 9.47 Å². The minimum atomic E-state index is -0.615. The number of carbonyl (C=O) groups is 1. The van der Waals surface area contributed by atoms with Gasteiger partial charge in [-0.3, -0.25) is 0 Å². The molecule has 3 nitrogen and oxygen atoms in total. The van der Waals surface area contributed by atoms with E-state index in [0.717, 1.165) is 6.07 Å². The quantitative estimate of drug-likeness (QED) is 0.554. The fraction of sp³-hybridized carbons (Fsp3) is 0.300. The molecule has 0 aliphatic carbocycles. The predicted octanol–water partition coefficient (Wildman–Crippen LogP) is 1.29. The summed E-state index contributed by atoms with van der Waals surface area (Å²) in [5, 5.41) is 0. The molecule has 1 aromatic rings. The van der Waals surface area contributed by atoms with E-state index in [0.29, 0.717) is 0 Å². The van der Waals surface area contributed by atoms with Crippen LogP contribution in [0.1, 0.15) is 15.9 Å². The molecule has 0 saturated carbocycles. The van der Waals surface area contributed by atoms with Gasteiger partial charge in [-0.15, -0.1) is 0 Å². The highest BCUT2D eigenvalue weighted by atomic mass is 19.1. The number of hydrogen-bond acceptors (Lipinski definition) is 3. The van der Waals surface area contributed by atoms with Gasteiger partial charge >= 0.3 is 5.97 Å². The van der Waals surface area contributed by atoms with E-state index in [2.05, 4.69) is 4.74 Å². The zero-order valence-corrected chi connectivity index (χ0v) is 8.54. The van der Waals surface area contributed by atoms with Crippen LogP contribution >= 0.6 is 0 Å². The van der Waals surface area contributed by atoms with Crippen molar-refractivity contribution in [3.63, 3.8) is 0 Å². The van der Waals surface area contributed by atoms with Crippen molar-refractivity contribution in [2.45, 2.75) is 6.32 Å². The van der Waals surface area contributed by atoms with Gasteiger partial charge in [-0.1, -0.05) is 6.32 Å². The van der Waals surface area contributed by atoms with Gasteiger partial charge in [-0.2, -0.15) is 0 Å². The fourth-order valence-electron chi connectivity index (χ4n) is 1.23. The van der Waals surface area contributed by atoms with Crippen molar-refractivity contribution in [3.05, 3.63) is 29.1 Å². The molecule has 0 amide bonds. The summed E-state index contributed by atoms with van der Waals surface area (Å²) in [5.74, 6) is -0.939. The molecule has 5 heteroatoms. The fourth-order valence-corrected chi connectivity index (χ4v) is 1.23. The number of hydrogen-bond donors (Lipinski definition) is 0. The monoisotopic (exact) mass is 208 g/mol. The molecule has 0 atom stereocenters. The zero-order chi connectivity index (χ0) is 11.4. The van der Waals surface area contributed by atoms with Crippen molar-refractivity contribution in [1.29, 1.82) is 0 Å². The van der Waals surface area contributed by atoms with Crippen molar-refractivity contribution in [1.82, 2.24) is 0 Å². The number of rotatable bonds is 3. The van der Waals surface area contributed by atoms with Crippen molar-refractivity contribution in [2.24, 2.45) is 0 Å². The SMILES string of the molecule is [B]Cc1c(F)cc(C(=O)OC)cc1OC. The van der Waals surface area contributed by atoms with E-state index in [-0.39, 0.29) is 23.2 Å². The molecule has 0 aliphatic heterocycles. The highest BCUT2D eigenvalue weighted by Crippen LogP contribution is 2.24. The summed E-state index contributed by atoms with van der Waals surface area (Å²) in [4.78, 5) is 11.2. The Morgan fingerprint density at radius 2 is 2.13 bits per heavy atom. The van der Waals surface area contributed by atoms with Gasteiger partial charge in [0.05, 0.1) is 27.6 Å². The lowest BCUT2D eigenvalue weighted by molar-refractivity contribution is 0.0599. The van der Waals surface area contributed by atoms with Crippen LogP contribution < -0.4 is 4.74 Å². The molecular formula is C10H10BFO3. The van der Waals surface area contributed by atoms with Crippen LogP contribution in [0.4, 0.5) is 4.39 Å². The van der Waals surface area contributed by atoms with E-state index in [1.54, 1.807) is 0 Å². The first-order chi connectivity index (χ1) is 7.13. The minimum Gasteiger partial charge on any atom is -0.496 e. The average molecular weight is 208 g/mol. The highest BCUT2D eigenvalue weighted by Gasteiger charge is 2.14. The van der Waals surface area contributed by atoms with Crippen LogP contribution in [0.15, 0.2) is 12.1 Å². The normalized spacial score (nSPS) is 9.80. The number of methoxy groups -OCH3 is 2. The molecule has 1 rings (SSSR count). The van der Waals surface area contributed by atoms with Crippen LogP contribution in [-0.2, 0) is 11.1 Å². The summed E-state index contributed by atoms with van der Waals surface area (Å²) in [6, 6.07) is 2.48. The molecule has 0 bridgehead atoms. The van der Waals surface area contributed by atoms with Crippen molar-refractivity contribution >= 4 is 13.8 Å². The second kappa shape index (κ2) is 4.82.